The normalized spacial score (nSPS) is 18.5. The Morgan fingerprint density at radius 2 is 0.728 bits per heavy atom. The van der Waals surface area contributed by atoms with Gasteiger partial charge in [-0.05, 0) is 204 Å². The Bertz CT molecular complexity index is 3980. The van der Waals surface area contributed by atoms with Gasteiger partial charge >= 0.3 is 0 Å². The van der Waals surface area contributed by atoms with Crippen LogP contribution in [-0.2, 0) is 32.5 Å². The van der Waals surface area contributed by atoms with Gasteiger partial charge in [0, 0.05) is 45.4 Å². The van der Waals surface area contributed by atoms with Crippen LogP contribution in [0.25, 0.3) is 22.3 Å². The van der Waals surface area contributed by atoms with E-state index in [-0.39, 0.29) is 39.2 Å². The Morgan fingerprint density at radius 3 is 1.21 bits per heavy atom. The van der Waals surface area contributed by atoms with Crippen LogP contribution in [0.3, 0.4) is 0 Å². The zero-order chi connectivity index (χ0) is 56.3. The van der Waals surface area contributed by atoms with Crippen molar-refractivity contribution in [1.82, 2.24) is 0 Å². The van der Waals surface area contributed by atoms with Crippen molar-refractivity contribution in [3.05, 3.63) is 227 Å². The quantitative estimate of drug-likeness (QED) is 0.147. The molecule has 404 valence electrons. The molecule has 0 saturated heterocycles. The van der Waals surface area contributed by atoms with Gasteiger partial charge in [0.25, 0.3) is 6.71 Å². The van der Waals surface area contributed by atoms with Crippen LogP contribution in [0.15, 0.2) is 188 Å². The number of fused-ring (bicyclic) bond motifs is 7. The fraction of sp³-hybridized carbons (Fsp3) is 0.299. The maximum absolute atomic E-state index is 2.76. The molecule has 0 radical (unpaired) electrons. The summed E-state index contributed by atoms with van der Waals surface area (Å²) in [6, 6.07) is 72.6. The van der Waals surface area contributed by atoms with Crippen molar-refractivity contribution >= 4 is 74.3 Å². The average molecular weight is 1060 g/mol. The third kappa shape index (κ3) is 7.97. The SMILES string of the molecule is Cc1cc2c(cc1N1c3cc4c(cc3B3c5cc6c(cc5N(c5ccc(-c7ccccc7)cc5-c5ccccc5)c5cc(N(c7ccccc7)c7ccccc7)cc1c53)C(C)(C)CC6(C)C)C(C)(C)CC4(C)C)C(C)(C)CCC2(C)C. The number of nitrogens with zero attached hydrogens (tertiary/aromatic N) is 3. The summed E-state index contributed by atoms with van der Waals surface area (Å²) in [5.41, 5.74) is 30.0. The fourth-order valence-corrected chi connectivity index (χ4v) is 16.5. The maximum Gasteiger partial charge on any atom is 0.252 e. The van der Waals surface area contributed by atoms with Crippen molar-refractivity contribution in [1.29, 1.82) is 0 Å². The molecule has 2 heterocycles. The summed E-state index contributed by atoms with van der Waals surface area (Å²) < 4.78 is 0. The molecule has 81 heavy (non-hydrogen) atoms. The fourth-order valence-electron chi connectivity index (χ4n) is 16.5. The largest absolute Gasteiger partial charge is 0.311 e. The summed E-state index contributed by atoms with van der Waals surface area (Å²) in [7, 11) is 0. The van der Waals surface area contributed by atoms with Crippen LogP contribution in [-0.4, -0.2) is 6.71 Å². The summed E-state index contributed by atoms with van der Waals surface area (Å²) in [5, 5.41) is 0. The van der Waals surface area contributed by atoms with Gasteiger partial charge in [-0.1, -0.05) is 204 Å². The lowest BCUT2D eigenvalue weighted by atomic mass is 9.33. The first-order valence-electron chi connectivity index (χ1n) is 30.0. The highest BCUT2D eigenvalue weighted by Gasteiger charge is 2.51. The number of hydrogen-bond acceptors (Lipinski definition) is 3. The van der Waals surface area contributed by atoms with Crippen molar-refractivity contribution in [3.8, 4) is 22.3 Å². The number of benzene rings is 9. The van der Waals surface area contributed by atoms with Crippen LogP contribution >= 0.6 is 0 Å². The molecule has 0 atom stereocenters. The second kappa shape index (κ2) is 17.7. The molecule has 0 spiro atoms. The molecule has 5 aliphatic rings. The van der Waals surface area contributed by atoms with Gasteiger partial charge in [0.05, 0.1) is 11.4 Å². The highest BCUT2D eigenvalue weighted by Crippen LogP contribution is 2.58. The van der Waals surface area contributed by atoms with Crippen LogP contribution in [0.5, 0.6) is 0 Å². The molecule has 0 aromatic heterocycles. The molecule has 0 bridgehead atoms. The van der Waals surface area contributed by atoms with E-state index in [1.165, 1.54) is 118 Å². The van der Waals surface area contributed by atoms with E-state index >= 15 is 0 Å². The minimum absolute atomic E-state index is 0.00651. The lowest BCUT2D eigenvalue weighted by Gasteiger charge is -2.47. The predicted octanol–water partition coefficient (Wildman–Crippen LogP) is 19.1. The Hall–Kier alpha value is -7.56. The van der Waals surface area contributed by atoms with E-state index in [1.54, 1.807) is 0 Å². The van der Waals surface area contributed by atoms with Crippen LogP contribution in [0.4, 0.5) is 51.2 Å². The van der Waals surface area contributed by atoms with Crippen LogP contribution in [0.2, 0.25) is 0 Å². The first-order chi connectivity index (χ1) is 38.5. The molecule has 0 N–H and O–H groups in total. The molecule has 0 fully saturated rings. The second-order valence-corrected chi connectivity index (χ2v) is 28.7. The van der Waals surface area contributed by atoms with Gasteiger partial charge in [0.2, 0.25) is 0 Å². The minimum atomic E-state index is -0.0600. The molecule has 3 aliphatic carbocycles. The van der Waals surface area contributed by atoms with Crippen LogP contribution < -0.4 is 31.1 Å². The van der Waals surface area contributed by atoms with Gasteiger partial charge in [-0.3, -0.25) is 0 Å². The van der Waals surface area contributed by atoms with Gasteiger partial charge in [-0.25, -0.2) is 0 Å². The summed E-state index contributed by atoms with van der Waals surface area (Å²) in [4.78, 5) is 7.98. The Labute approximate surface area is 483 Å². The first kappa shape index (κ1) is 51.6. The van der Waals surface area contributed by atoms with E-state index in [2.05, 4.69) is 293 Å². The molecule has 9 aromatic carbocycles. The van der Waals surface area contributed by atoms with E-state index in [9.17, 15) is 0 Å². The molecule has 14 rings (SSSR count). The van der Waals surface area contributed by atoms with E-state index in [1.807, 2.05) is 0 Å². The lowest BCUT2D eigenvalue weighted by Crippen LogP contribution is -2.62. The second-order valence-electron chi connectivity index (χ2n) is 28.7. The number of rotatable bonds is 7. The van der Waals surface area contributed by atoms with Crippen LogP contribution in [0.1, 0.15) is 148 Å². The Kier molecular flexibility index (Phi) is 11.3. The third-order valence-corrected chi connectivity index (χ3v) is 20.1. The molecule has 0 unspecified atom stereocenters. The molecular weight excluding hydrogens is 978 g/mol. The third-order valence-electron chi connectivity index (χ3n) is 20.1. The number of aryl methyl sites for hydroxylation is 1. The first-order valence-corrected chi connectivity index (χ1v) is 30.0. The summed E-state index contributed by atoms with van der Waals surface area (Å²) >= 11 is 0. The van der Waals surface area contributed by atoms with Gasteiger partial charge in [-0.15, -0.1) is 0 Å². The summed E-state index contributed by atoms with van der Waals surface area (Å²) in [6.07, 6.45) is 4.50. The number of anilines is 9. The lowest BCUT2D eigenvalue weighted by molar-refractivity contribution is 0.332. The zero-order valence-electron chi connectivity index (χ0n) is 50.1. The van der Waals surface area contributed by atoms with Gasteiger partial charge in [0.15, 0.2) is 0 Å². The summed E-state index contributed by atoms with van der Waals surface area (Å²) in [6.45, 7) is 32.2. The molecule has 3 nitrogen and oxygen atoms in total. The topological polar surface area (TPSA) is 9.72 Å². The average Bonchev–Trinajstić information content (AvgIpc) is 2.25. The van der Waals surface area contributed by atoms with E-state index in [4.69, 9.17) is 0 Å². The minimum Gasteiger partial charge on any atom is -0.311 e. The van der Waals surface area contributed by atoms with Crippen molar-refractivity contribution in [3.63, 3.8) is 0 Å². The molecule has 9 aromatic rings. The Morgan fingerprint density at radius 1 is 0.333 bits per heavy atom. The van der Waals surface area contributed by atoms with E-state index < -0.39 is 0 Å². The highest BCUT2D eigenvalue weighted by atomic mass is 15.2. The van der Waals surface area contributed by atoms with Crippen molar-refractivity contribution in [2.75, 3.05) is 14.7 Å². The molecule has 0 saturated carbocycles. The van der Waals surface area contributed by atoms with Crippen molar-refractivity contribution in [2.24, 2.45) is 0 Å². The van der Waals surface area contributed by atoms with Crippen LogP contribution in [0, 0.1) is 6.92 Å². The molecular formula is C77H78BN3. The highest BCUT2D eigenvalue weighted by molar-refractivity contribution is 7.00. The Balaban J connectivity index is 1.17. The maximum atomic E-state index is 2.76. The number of hydrogen-bond donors (Lipinski definition) is 0. The van der Waals surface area contributed by atoms with Crippen molar-refractivity contribution in [2.45, 2.75) is 148 Å². The van der Waals surface area contributed by atoms with E-state index in [0.717, 1.165) is 36.3 Å². The van der Waals surface area contributed by atoms with Crippen molar-refractivity contribution < 1.29 is 0 Å². The standard InChI is InChI=1S/C77H78BN3/c1-49-38-57-60(73(4,5)37-36-72(57,2)3)44-66(49)81-68-46-62-59(75(8,9)48-77(62,12)13)43-64(68)78-63-42-58-61(76(10,11)47-74(58,6)7)45-67(63)80(65-35-34-52(50-26-18-14-19-27-50)39-56(65)51-28-20-15-21-29-51)69-40-55(41-70(81)71(69)78)79(53-30-22-16-23-31-53)54-32-24-17-25-33-54/h14-35,38-46H,36-37,47-48H2,1-13H3. The molecule has 4 heteroatoms. The van der Waals surface area contributed by atoms with Gasteiger partial charge in [0.1, 0.15) is 0 Å². The molecule has 2 aliphatic heterocycles. The van der Waals surface area contributed by atoms with Gasteiger partial charge < -0.3 is 14.7 Å². The predicted molar refractivity (Wildman–Crippen MR) is 347 cm³/mol. The van der Waals surface area contributed by atoms with E-state index in [0.29, 0.717) is 0 Å². The summed E-state index contributed by atoms with van der Waals surface area (Å²) in [5.74, 6) is 0. The monoisotopic (exact) mass is 1060 g/mol. The number of para-hydroxylation sites is 2. The van der Waals surface area contributed by atoms with Gasteiger partial charge in [-0.2, -0.15) is 0 Å². The zero-order valence-corrected chi connectivity index (χ0v) is 50.1. The molecule has 0 amide bonds. The smallest absolute Gasteiger partial charge is 0.252 e.